The Kier molecular flexibility index (Phi) is 4.00. The minimum atomic E-state index is -0.358. The maximum atomic E-state index is 12.2. The number of phenols is 1. The zero-order valence-corrected chi connectivity index (χ0v) is 14.7. The lowest BCUT2D eigenvalue weighted by molar-refractivity contribution is 0.175. The summed E-state index contributed by atoms with van der Waals surface area (Å²) in [5.41, 5.74) is 1.67. The average molecular weight is 337 g/mol. The van der Waals surface area contributed by atoms with E-state index < -0.39 is 0 Å². The van der Waals surface area contributed by atoms with E-state index in [2.05, 4.69) is 11.8 Å². The predicted octanol–water partition coefficient (Wildman–Crippen LogP) is 4.19. The first-order valence-electron chi connectivity index (χ1n) is 8.94. The Balaban J connectivity index is 1.88. The Morgan fingerprint density at radius 1 is 1.24 bits per heavy atom. The summed E-state index contributed by atoms with van der Waals surface area (Å²) in [4.78, 5) is 14.6. The molecule has 0 unspecified atom stereocenters. The lowest BCUT2D eigenvalue weighted by atomic mass is 9.97. The Morgan fingerprint density at radius 2 is 2.00 bits per heavy atom. The van der Waals surface area contributed by atoms with Gasteiger partial charge in [0.05, 0.1) is 5.39 Å². The largest absolute Gasteiger partial charge is 0.507 e. The van der Waals surface area contributed by atoms with Crippen molar-refractivity contribution in [2.45, 2.75) is 33.2 Å². The van der Waals surface area contributed by atoms with Crippen LogP contribution in [0.2, 0.25) is 0 Å². The van der Waals surface area contributed by atoms with Gasteiger partial charge in [-0.1, -0.05) is 25.1 Å². The molecule has 0 aliphatic carbocycles. The summed E-state index contributed by atoms with van der Waals surface area (Å²) in [6, 6.07) is 9.48. The molecule has 4 heteroatoms. The van der Waals surface area contributed by atoms with E-state index in [0.717, 1.165) is 36.0 Å². The minimum absolute atomic E-state index is 0.240. The highest BCUT2D eigenvalue weighted by molar-refractivity contribution is 6.05. The van der Waals surface area contributed by atoms with Gasteiger partial charge in [-0.2, -0.15) is 0 Å². The third kappa shape index (κ3) is 2.81. The topological polar surface area (TPSA) is 53.7 Å². The second-order valence-corrected chi connectivity index (χ2v) is 7.30. The monoisotopic (exact) mass is 337 g/mol. The summed E-state index contributed by atoms with van der Waals surface area (Å²) < 4.78 is 5.52. The van der Waals surface area contributed by atoms with E-state index in [9.17, 15) is 9.90 Å². The molecule has 25 heavy (non-hydrogen) atoms. The molecule has 0 amide bonds. The van der Waals surface area contributed by atoms with Crippen LogP contribution < -0.4 is 5.63 Å². The van der Waals surface area contributed by atoms with Crippen molar-refractivity contribution in [3.8, 4) is 5.75 Å². The number of aromatic hydroxyl groups is 1. The number of aryl methyl sites for hydroxylation is 1. The Hall–Kier alpha value is -2.33. The molecular weight excluding hydrogens is 314 g/mol. The second-order valence-electron chi connectivity index (χ2n) is 7.30. The third-order valence-electron chi connectivity index (χ3n) is 5.33. The van der Waals surface area contributed by atoms with Crippen LogP contribution in [0.5, 0.6) is 5.75 Å². The Labute approximate surface area is 146 Å². The molecule has 1 atom stereocenters. The minimum Gasteiger partial charge on any atom is -0.507 e. The van der Waals surface area contributed by atoms with E-state index in [1.54, 1.807) is 6.07 Å². The molecule has 3 aromatic rings. The number of piperidine rings is 1. The number of benzene rings is 2. The predicted molar refractivity (Wildman–Crippen MR) is 100 cm³/mol. The van der Waals surface area contributed by atoms with Gasteiger partial charge in [0, 0.05) is 29.6 Å². The summed E-state index contributed by atoms with van der Waals surface area (Å²) in [5, 5.41) is 13.0. The molecule has 1 aliphatic heterocycles. The molecule has 1 aromatic heterocycles. The first-order valence-corrected chi connectivity index (χ1v) is 8.94. The molecule has 2 aromatic carbocycles. The Morgan fingerprint density at radius 3 is 2.76 bits per heavy atom. The summed E-state index contributed by atoms with van der Waals surface area (Å²) in [6.07, 6.45) is 2.47. The highest BCUT2D eigenvalue weighted by atomic mass is 16.4. The van der Waals surface area contributed by atoms with Crippen LogP contribution in [0.25, 0.3) is 21.7 Å². The molecule has 0 radical (unpaired) electrons. The summed E-state index contributed by atoms with van der Waals surface area (Å²) in [7, 11) is 0. The third-order valence-corrected chi connectivity index (χ3v) is 5.33. The van der Waals surface area contributed by atoms with Crippen LogP contribution in [-0.2, 0) is 6.54 Å². The molecule has 1 N–H and O–H groups in total. The van der Waals surface area contributed by atoms with Crippen LogP contribution in [-0.4, -0.2) is 23.1 Å². The van der Waals surface area contributed by atoms with Gasteiger partial charge >= 0.3 is 5.63 Å². The Bertz CT molecular complexity index is 1010. The quantitative estimate of drug-likeness (QED) is 0.563. The fourth-order valence-electron chi connectivity index (χ4n) is 4.03. The zero-order chi connectivity index (χ0) is 17.6. The SMILES string of the molecule is Cc1c(O)c(CN2CCC[C@H](C)C2)cc2c1oc(=O)c1ccccc12. The molecule has 0 bridgehead atoms. The number of hydrogen-bond donors (Lipinski definition) is 1. The first-order chi connectivity index (χ1) is 12.0. The van der Waals surface area contributed by atoms with Crippen molar-refractivity contribution in [2.75, 3.05) is 13.1 Å². The first kappa shape index (κ1) is 16.2. The average Bonchev–Trinajstić information content (AvgIpc) is 2.61. The van der Waals surface area contributed by atoms with Crippen LogP contribution in [0.15, 0.2) is 39.5 Å². The normalized spacial score (nSPS) is 18.9. The van der Waals surface area contributed by atoms with Crippen LogP contribution in [0.1, 0.15) is 30.9 Å². The number of phenolic OH excluding ortho intramolecular Hbond substituents is 1. The molecule has 1 saturated heterocycles. The second kappa shape index (κ2) is 6.19. The molecule has 4 rings (SSSR count). The van der Waals surface area contributed by atoms with E-state index in [1.165, 1.54) is 12.8 Å². The number of fused-ring (bicyclic) bond motifs is 3. The maximum Gasteiger partial charge on any atom is 0.344 e. The van der Waals surface area contributed by atoms with Gasteiger partial charge in [0.1, 0.15) is 11.3 Å². The lowest BCUT2D eigenvalue weighted by Crippen LogP contribution is -2.33. The molecule has 130 valence electrons. The van der Waals surface area contributed by atoms with Crippen LogP contribution in [0.4, 0.5) is 0 Å². The summed E-state index contributed by atoms with van der Waals surface area (Å²) in [5.74, 6) is 0.931. The fourth-order valence-corrected chi connectivity index (χ4v) is 4.03. The van der Waals surface area contributed by atoms with E-state index in [0.29, 0.717) is 22.5 Å². The highest BCUT2D eigenvalue weighted by Crippen LogP contribution is 2.34. The molecule has 1 fully saturated rings. The smallest absolute Gasteiger partial charge is 0.344 e. The van der Waals surface area contributed by atoms with Crippen molar-refractivity contribution in [1.29, 1.82) is 0 Å². The standard InChI is InChI=1S/C21H23NO3/c1-13-6-5-9-22(11-13)12-15-10-18-16-7-3-4-8-17(16)21(24)25-20(18)14(2)19(15)23/h3-4,7-8,10,13,23H,5-6,9,11-12H2,1-2H3/t13-/m0/s1. The van der Waals surface area contributed by atoms with Crippen LogP contribution in [0, 0.1) is 12.8 Å². The van der Waals surface area contributed by atoms with Gasteiger partial charge in [-0.15, -0.1) is 0 Å². The molecule has 2 heterocycles. The van der Waals surface area contributed by atoms with Gasteiger partial charge in [0.15, 0.2) is 0 Å². The van der Waals surface area contributed by atoms with Gasteiger partial charge in [0.2, 0.25) is 0 Å². The zero-order valence-electron chi connectivity index (χ0n) is 14.7. The van der Waals surface area contributed by atoms with Gasteiger partial charge < -0.3 is 9.52 Å². The van der Waals surface area contributed by atoms with Crippen molar-refractivity contribution in [1.82, 2.24) is 4.90 Å². The number of hydrogen-bond acceptors (Lipinski definition) is 4. The molecule has 0 spiro atoms. The molecule has 4 nitrogen and oxygen atoms in total. The van der Waals surface area contributed by atoms with Crippen LogP contribution in [0.3, 0.4) is 0 Å². The van der Waals surface area contributed by atoms with Crippen molar-refractivity contribution in [3.05, 3.63) is 51.9 Å². The van der Waals surface area contributed by atoms with Crippen molar-refractivity contribution in [3.63, 3.8) is 0 Å². The van der Waals surface area contributed by atoms with E-state index in [-0.39, 0.29) is 11.4 Å². The molecule has 0 saturated carbocycles. The van der Waals surface area contributed by atoms with Gasteiger partial charge in [-0.25, -0.2) is 4.79 Å². The van der Waals surface area contributed by atoms with Crippen molar-refractivity contribution in [2.24, 2.45) is 5.92 Å². The number of rotatable bonds is 2. The molecule has 1 aliphatic rings. The van der Waals surface area contributed by atoms with Crippen molar-refractivity contribution < 1.29 is 9.52 Å². The van der Waals surface area contributed by atoms with Crippen LogP contribution >= 0.6 is 0 Å². The fraction of sp³-hybridized carbons (Fsp3) is 0.381. The number of nitrogens with zero attached hydrogens (tertiary/aromatic N) is 1. The summed E-state index contributed by atoms with van der Waals surface area (Å²) >= 11 is 0. The summed E-state index contributed by atoms with van der Waals surface area (Å²) in [6.45, 7) is 6.94. The van der Waals surface area contributed by atoms with Gasteiger partial charge in [0.25, 0.3) is 0 Å². The van der Waals surface area contributed by atoms with E-state index in [1.807, 2.05) is 31.2 Å². The van der Waals surface area contributed by atoms with E-state index in [4.69, 9.17) is 4.42 Å². The molecular formula is C21H23NO3. The van der Waals surface area contributed by atoms with E-state index >= 15 is 0 Å². The maximum absolute atomic E-state index is 12.2. The number of likely N-dealkylation sites (tertiary alicyclic amines) is 1. The van der Waals surface area contributed by atoms with Crippen molar-refractivity contribution >= 4 is 21.7 Å². The van der Waals surface area contributed by atoms with Gasteiger partial charge in [-0.05, 0) is 49.7 Å². The highest BCUT2D eigenvalue weighted by Gasteiger charge is 2.20. The van der Waals surface area contributed by atoms with Gasteiger partial charge in [-0.3, -0.25) is 4.90 Å². The lowest BCUT2D eigenvalue weighted by Gasteiger charge is -2.31.